The summed E-state index contributed by atoms with van der Waals surface area (Å²) >= 11 is 5.21. The van der Waals surface area contributed by atoms with Gasteiger partial charge in [0.2, 0.25) is 0 Å². The molecule has 0 saturated carbocycles. The van der Waals surface area contributed by atoms with Gasteiger partial charge in [0.1, 0.15) is 12.4 Å². The molecule has 0 fully saturated rings. The molecule has 0 spiro atoms. The fourth-order valence-corrected chi connectivity index (χ4v) is 4.33. The summed E-state index contributed by atoms with van der Waals surface area (Å²) < 4.78 is 37.4. The Bertz CT molecular complexity index is 1220. The summed E-state index contributed by atoms with van der Waals surface area (Å²) in [6.07, 6.45) is 0. The highest BCUT2D eigenvalue weighted by molar-refractivity contribution is 7.92. The Morgan fingerprint density at radius 2 is 1.59 bits per heavy atom. The Morgan fingerprint density at radius 3 is 2.21 bits per heavy atom. The number of ether oxygens (including phenoxy) is 2. The largest absolute Gasteiger partial charge is 0.491 e. The molecule has 3 rings (SSSR count). The van der Waals surface area contributed by atoms with Gasteiger partial charge in [0.15, 0.2) is 5.11 Å². The highest BCUT2D eigenvalue weighted by atomic mass is 32.2. The van der Waals surface area contributed by atoms with E-state index in [-0.39, 0.29) is 15.9 Å². The van der Waals surface area contributed by atoms with Crippen LogP contribution >= 0.6 is 12.2 Å². The summed E-state index contributed by atoms with van der Waals surface area (Å²) in [6.45, 7) is 0.886. The lowest BCUT2D eigenvalue weighted by Gasteiger charge is -2.19. The Labute approximate surface area is 204 Å². The van der Waals surface area contributed by atoms with Gasteiger partial charge in [-0.25, -0.2) is 8.42 Å². The van der Waals surface area contributed by atoms with Crippen molar-refractivity contribution in [1.82, 2.24) is 5.32 Å². The van der Waals surface area contributed by atoms with E-state index in [1.165, 1.54) is 23.5 Å². The molecule has 10 heteroatoms. The van der Waals surface area contributed by atoms with E-state index in [1.54, 1.807) is 67.8 Å². The van der Waals surface area contributed by atoms with Crippen molar-refractivity contribution in [2.75, 3.05) is 37.0 Å². The molecule has 0 heterocycles. The molecule has 0 radical (unpaired) electrons. The molecule has 1 amide bonds. The van der Waals surface area contributed by atoms with E-state index < -0.39 is 10.0 Å². The summed E-state index contributed by atoms with van der Waals surface area (Å²) in [5, 5.41) is 5.56. The molecule has 0 atom stereocenters. The number of anilines is 2. The number of thiocarbonyl (C=S) groups is 1. The van der Waals surface area contributed by atoms with Crippen LogP contribution in [0.3, 0.4) is 0 Å². The number of hydrogen-bond donors (Lipinski definition) is 2. The smallest absolute Gasteiger partial charge is 0.264 e. The van der Waals surface area contributed by atoms with Crippen molar-refractivity contribution >= 4 is 44.6 Å². The molecule has 0 aromatic heterocycles. The minimum absolute atomic E-state index is 0.0856. The molecule has 0 aliphatic heterocycles. The van der Waals surface area contributed by atoms with E-state index in [1.807, 2.05) is 6.07 Å². The van der Waals surface area contributed by atoms with Gasteiger partial charge in [-0.05, 0) is 72.9 Å². The Hall–Kier alpha value is -3.47. The van der Waals surface area contributed by atoms with Crippen LogP contribution in [0.5, 0.6) is 5.75 Å². The third kappa shape index (κ3) is 6.53. The lowest BCUT2D eigenvalue weighted by Crippen LogP contribution is -2.34. The molecule has 0 saturated heterocycles. The zero-order valence-electron chi connectivity index (χ0n) is 18.7. The highest BCUT2D eigenvalue weighted by Crippen LogP contribution is 2.23. The Morgan fingerprint density at radius 1 is 0.941 bits per heavy atom. The van der Waals surface area contributed by atoms with Crippen LogP contribution in [0.15, 0.2) is 83.8 Å². The number of carbonyl (C=O) groups is 1. The van der Waals surface area contributed by atoms with E-state index in [0.29, 0.717) is 35.9 Å². The average Bonchev–Trinajstić information content (AvgIpc) is 2.85. The summed E-state index contributed by atoms with van der Waals surface area (Å²) in [4.78, 5) is 12.6. The molecule has 8 nitrogen and oxygen atoms in total. The molecule has 0 unspecified atom stereocenters. The summed E-state index contributed by atoms with van der Waals surface area (Å²) in [5.41, 5.74) is 1.50. The minimum atomic E-state index is -3.72. The molecule has 34 heavy (non-hydrogen) atoms. The maximum absolute atomic E-state index is 12.9. The monoisotopic (exact) mass is 499 g/mol. The molecular weight excluding hydrogens is 474 g/mol. The molecule has 178 valence electrons. The van der Waals surface area contributed by atoms with E-state index in [4.69, 9.17) is 21.7 Å². The van der Waals surface area contributed by atoms with Gasteiger partial charge in [-0.3, -0.25) is 14.4 Å². The SMILES string of the molecule is COCCOc1ccc(C(=O)NC(=S)Nc2ccc(S(=O)(=O)N(C)c3ccccc3)cc2)cc1. The van der Waals surface area contributed by atoms with Gasteiger partial charge in [-0.15, -0.1) is 0 Å². The Balaban J connectivity index is 1.57. The quantitative estimate of drug-likeness (QED) is 0.343. The second-order valence-corrected chi connectivity index (χ2v) is 9.48. The van der Waals surface area contributed by atoms with Gasteiger partial charge < -0.3 is 14.8 Å². The van der Waals surface area contributed by atoms with Crippen LogP contribution in [-0.2, 0) is 14.8 Å². The first-order chi connectivity index (χ1) is 16.3. The molecule has 2 N–H and O–H groups in total. The fraction of sp³-hybridized carbons (Fsp3) is 0.167. The second-order valence-electron chi connectivity index (χ2n) is 7.11. The maximum atomic E-state index is 12.9. The molecule has 0 aliphatic carbocycles. The van der Waals surface area contributed by atoms with Crippen molar-refractivity contribution in [2.24, 2.45) is 0 Å². The van der Waals surface area contributed by atoms with Gasteiger partial charge >= 0.3 is 0 Å². The van der Waals surface area contributed by atoms with Crippen molar-refractivity contribution < 1.29 is 22.7 Å². The number of nitrogens with one attached hydrogen (secondary N) is 2. The summed E-state index contributed by atoms with van der Waals surface area (Å²) in [5.74, 6) is 0.242. The van der Waals surface area contributed by atoms with Crippen LogP contribution in [-0.4, -0.2) is 46.8 Å². The molecule has 3 aromatic rings. The highest BCUT2D eigenvalue weighted by Gasteiger charge is 2.21. The van der Waals surface area contributed by atoms with E-state index in [9.17, 15) is 13.2 Å². The average molecular weight is 500 g/mol. The van der Waals surface area contributed by atoms with Crippen molar-refractivity contribution in [3.05, 3.63) is 84.4 Å². The predicted molar refractivity (Wildman–Crippen MR) is 136 cm³/mol. The van der Waals surface area contributed by atoms with Crippen molar-refractivity contribution in [3.8, 4) is 5.75 Å². The van der Waals surface area contributed by atoms with Gasteiger partial charge in [-0.2, -0.15) is 0 Å². The van der Waals surface area contributed by atoms with Crippen molar-refractivity contribution in [1.29, 1.82) is 0 Å². The number of sulfonamides is 1. The number of rotatable bonds is 9. The third-order valence-electron chi connectivity index (χ3n) is 4.79. The number of carbonyl (C=O) groups excluding carboxylic acids is 1. The number of hydrogen-bond acceptors (Lipinski definition) is 6. The topological polar surface area (TPSA) is 97.0 Å². The first-order valence-electron chi connectivity index (χ1n) is 10.3. The zero-order valence-corrected chi connectivity index (χ0v) is 20.4. The summed E-state index contributed by atoms with van der Waals surface area (Å²) in [7, 11) is -0.626. The standard InChI is InChI=1S/C24H25N3O5S2/c1-27(20-6-4-3-5-7-20)34(29,30)22-14-10-19(11-15-22)25-24(33)26-23(28)18-8-12-21(13-9-18)32-17-16-31-2/h3-15H,16-17H2,1-2H3,(H2,25,26,28,33). The predicted octanol–water partition coefficient (Wildman–Crippen LogP) is 3.66. The normalized spacial score (nSPS) is 10.9. The van der Waals surface area contributed by atoms with Crippen LogP contribution in [0.1, 0.15) is 10.4 Å². The number of amides is 1. The maximum Gasteiger partial charge on any atom is 0.264 e. The van der Waals surface area contributed by atoms with Crippen molar-refractivity contribution in [2.45, 2.75) is 4.90 Å². The number of para-hydroxylation sites is 1. The number of benzene rings is 3. The molecular formula is C24H25N3O5S2. The molecule has 3 aromatic carbocycles. The number of nitrogens with zero attached hydrogens (tertiary/aromatic N) is 1. The van der Waals surface area contributed by atoms with Crippen LogP contribution in [0, 0.1) is 0 Å². The molecule has 0 bridgehead atoms. The van der Waals surface area contributed by atoms with Gasteiger partial charge in [-0.1, -0.05) is 18.2 Å². The number of methoxy groups -OCH3 is 1. The summed E-state index contributed by atoms with van der Waals surface area (Å²) in [6, 6.07) is 21.5. The van der Waals surface area contributed by atoms with Gasteiger partial charge in [0.25, 0.3) is 15.9 Å². The first-order valence-corrected chi connectivity index (χ1v) is 12.1. The van der Waals surface area contributed by atoms with Crippen LogP contribution in [0.2, 0.25) is 0 Å². The molecule has 0 aliphatic rings. The second kappa shape index (κ2) is 11.6. The third-order valence-corrected chi connectivity index (χ3v) is 6.79. The van der Waals surface area contributed by atoms with E-state index in [0.717, 1.165) is 0 Å². The van der Waals surface area contributed by atoms with E-state index in [2.05, 4.69) is 10.6 Å². The van der Waals surface area contributed by atoms with Crippen LogP contribution in [0.25, 0.3) is 0 Å². The first kappa shape index (κ1) is 25.2. The van der Waals surface area contributed by atoms with Crippen LogP contribution < -0.4 is 19.7 Å². The van der Waals surface area contributed by atoms with Crippen LogP contribution in [0.4, 0.5) is 11.4 Å². The Kier molecular flexibility index (Phi) is 8.58. The van der Waals surface area contributed by atoms with Crippen molar-refractivity contribution in [3.63, 3.8) is 0 Å². The van der Waals surface area contributed by atoms with Gasteiger partial charge in [0.05, 0.1) is 17.2 Å². The van der Waals surface area contributed by atoms with Gasteiger partial charge in [0, 0.05) is 25.4 Å². The lowest BCUT2D eigenvalue weighted by molar-refractivity contribution is 0.0977. The fourth-order valence-electron chi connectivity index (χ4n) is 2.93. The minimum Gasteiger partial charge on any atom is -0.491 e. The lowest BCUT2D eigenvalue weighted by atomic mass is 10.2. The van der Waals surface area contributed by atoms with E-state index >= 15 is 0 Å². The zero-order chi connectivity index (χ0) is 24.6.